The number of thioether (sulfide) groups is 1. The molecule has 0 aromatic heterocycles. The van der Waals surface area contributed by atoms with Crippen LogP contribution in [0.5, 0.6) is 0 Å². The van der Waals surface area contributed by atoms with Gasteiger partial charge in [-0.15, -0.1) is 0 Å². The summed E-state index contributed by atoms with van der Waals surface area (Å²) in [6.45, 7) is 27.9. The van der Waals surface area contributed by atoms with Gasteiger partial charge in [0, 0.05) is 0 Å². The van der Waals surface area contributed by atoms with Crippen molar-refractivity contribution in [1.29, 1.82) is 0 Å². The summed E-state index contributed by atoms with van der Waals surface area (Å²) >= 11 is -0.860. The summed E-state index contributed by atoms with van der Waals surface area (Å²) < 4.78 is 6.03. The SMILES string of the molecule is CC(C)C(C)C.CC(C)SC#Cc1c2cc3c(cc2c(C#[C][Ge]([CH](C)C)([CH](C)C)[CH](C)C)c2cc4ccccc4cc12)=CCCC=3. The molecule has 0 unspecified atom stereocenters. The fraction of sp³-hybridized carbons (Fsp3) is 0.455. The van der Waals surface area contributed by atoms with Crippen molar-refractivity contribution in [2.45, 2.75) is 115 Å². The maximum absolute atomic E-state index is 4.12. The molecule has 0 bridgehead atoms. The zero-order valence-electron chi connectivity index (χ0n) is 30.6. The Balaban J connectivity index is 0.000000731. The van der Waals surface area contributed by atoms with Gasteiger partial charge in [0.05, 0.1) is 0 Å². The minimum atomic E-state index is -2.57. The molecule has 4 aromatic carbocycles. The minimum absolute atomic E-state index is 0.467. The average molecular weight is 690 g/mol. The van der Waals surface area contributed by atoms with E-state index in [1.807, 2.05) is 0 Å². The maximum atomic E-state index is 4.12. The van der Waals surface area contributed by atoms with Gasteiger partial charge < -0.3 is 0 Å². The molecule has 0 fully saturated rings. The Bertz CT molecular complexity index is 1920. The number of hydrogen-bond acceptors (Lipinski definition) is 1. The molecule has 0 nitrogen and oxygen atoms in total. The molecule has 0 aliphatic heterocycles. The van der Waals surface area contributed by atoms with Gasteiger partial charge in [0.2, 0.25) is 0 Å². The molecule has 0 saturated heterocycles. The van der Waals surface area contributed by atoms with E-state index in [1.165, 1.54) is 48.3 Å². The van der Waals surface area contributed by atoms with Crippen molar-refractivity contribution in [3.05, 3.63) is 70.1 Å². The zero-order chi connectivity index (χ0) is 33.8. The van der Waals surface area contributed by atoms with Crippen LogP contribution in [0, 0.1) is 33.7 Å². The third-order valence-corrected chi connectivity index (χ3v) is 24.0. The molecule has 0 saturated carbocycles. The predicted octanol–water partition coefficient (Wildman–Crippen LogP) is 11.8. The molecule has 0 atom stereocenters. The van der Waals surface area contributed by atoms with Crippen LogP contribution in [0.15, 0.2) is 48.5 Å². The first-order valence-corrected chi connectivity index (χ1v) is 23.2. The molecule has 0 spiro atoms. The summed E-state index contributed by atoms with van der Waals surface area (Å²) in [4.78, 5) is 0. The fourth-order valence-electron chi connectivity index (χ4n) is 6.89. The Morgan fingerprint density at radius 1 is 0.565 bits per heavy atom. The zero-order valence-corrected chi connectivity index (χ0v) is 33.5. The molecule has 5 rings (SSSR count). The topological polar surface area (TPSA) is 0 Å². The van der Waals surface area contributed by atoms with E-state index >= 15 is 0 Å². The van der Waals surface area contributed by atoms with Gasteiger partial charge >= 0.3 is 249 Å². The average Bonchev–Trinajstić information content (AvgIpc) is 3.00. The van der Waals surface area contributed by atoms with Crippen LogP contribution in [0.25, 0.3) is 44.5 Å². The molecule has 0 radical (unpaired) electrons. The molecule has 0 N–H and O–H groups in total. The molecule has 46 heavy (non-hydrogen) atoms. The first kappa shape index (κ1) is 36.3. The van der Waals surface area contributed by atoms with Crippen molar-refractivity contribution < 1.29 is 0 Å². The fourth-order valence-corrected chi connectivity index (χ4v) is 18.2. The molecular weight excluding hydrogens is 633 g/mol. The summed E-state index contributed by atoms with van der Waals surface area (Å²) in [5.41, 5.74) is 2.33. The third-order valence-electron chi connectivity index (χ3n) is 10.2. The normalized spacial score (nSPS) is 13.0. The molecule has 1 aliphatic rings. The van der Waals surface area contributed by atoms with E-state index in [4.69, 9.17) is 0 Å². The van der Waals surface area contributed by atoms with Crippen LogP contribution < -0.4 is 10.4 Å². The van der Waals surface area contributed by atoms with E-state index in [0.717, 1.165) is 30.2 Å². The predicted molar refractivity (Wildman–Crippen MR) is 214 cm³/mol. The Kier molecular flexibility index (Phi) is 12.2. The van der Waals surface area contributed by atoms with Crippen LogP contribution in [0.4, 0.5) is 0 Å². The number of rotatable bonds is 5. The Labute approximate surface area is 287 Å². The molecule has 242 valence electrons. The van der Waals surface area contributed by atoms with E-state index < -0.39 is 13.3 Å². The first-order valence-electron chi connectivity index (χ1n) is 17.6. The van der Waals surface area contributed by atoms with Crippen LogP contribution in [0.2, 0.25) is 14.3 Å². The second-order valence-electron chi connectivity index (χ2n) is 15.0. The molecule has 1 aliphatic carbocycles. The summed E-state index contributed by atoms with van der Waals surface area (Å²) in [6.07, 6.45) is 6.99. The van der Waals surface area contributed by atoms with E-state index in [-0.39, 0.29) is 0 Å². The summed E-state index contributed by atoms with van der Waals surface area (Å²) in [5.74, 6) is 9.29. The van der Waals surface area contributed by atoms with Crippen molar-refractivity contribution in [3.63, 3.8) is 0 Å². The van der Waals surface area contributed by atoms with Crippen molar-refractivity contribution in [1.82, 2.24) is 0 Å². The van der Waals surface area contributed by atoms with Gasteiger partial charge in [0.15, 0.2) is 0 Å². The quantitative estimate of drug-likeness (QED) is 0.114. The van der Waals surface area contributed by atoms with Gasteiger partial charge in [0.1, 0.15) is 0 Å². The molecule has 0 amide bonds. The first-order chi connectivity index (χ1) is 21.8. The second-order valence-corrected chi connectivity index (χ2v) is 28.1. The van der Waals surface area contributed by atoms with Crippen LogP contribution in [-0.4, -0.2) is 18.5 Å². The van der Waals surface area contributed by atoms with Gasteiger partial charge in [-0.3, -0.25) is 0 Å². The van der Waals surface area contributed by atoms with Crippen molar-refractivity contribution in [2.75, 3.05) is 0 Å². The van der Waals surface area contributed by atoms with Crippen molar-refractivity contribution in [2.24, 2.45) is 11.8 Å². The van der Waals surface area contributed by atoms with Gasteiger partial charge in [-0.1, -0.05) is 27.7 Å². The van der Waals surface area contributed by atoms with Crippen molar-refractivity contribution in [3.8, 4) is 21.8 Å². The van der Waals surface area contributed by atoms with Gasteiger partial charge in [-0.05, 0) is 11.8 Å². The Hall–Kier alpha value is -2.59. The van der Waals surface area contributed by atoms with Gasteiger partial charge in [0.25, 0.3) is 0 Å². The van der Waals surface area contributed by atoms with Gasteiger partial charge in [-0.2, -0.15) is 0 Å². The van der Waals surface area contributed by atoms with Gasteiger partial charge in [-0.25, -0.2) is 0 Å². The number of benzene rings is 4. The van der Waals surface area contributed by atoms with E-state index in [0.29, 0.717) is 19.5 Å². The summed E-state index contributed by atoms with van der Waals surface area (Å²) in [5, 5.41) is 14.1. The van der Waals surface area contributed by atoms with E-state index in [9.17, 15) is 0 Å². The standard InChI is InChI=1S/C38H42GeS.C6H14/c1-25(2)39(26(3)4,27(5)6)19-17-33-35-21-29-13-9-11-15-31(29)23-37(35)34(18-20-40-28(7)8)38-24-32-16-12-10-14-30(32)22-36(33)38;1-5(2)6(3)4/h9,11,13-16,21-28H,10,12H2,1-8H3;5-6H,1-4H3. The van der Waals surface area contributed by atoms with Crippen LogP contribution >= 0.6 is 11.8 Å². The molecule has 4 aromatic rings. The van der Waals surface area contributed by atoms with E-state index in [2.05, 4.69) is 166 Å². The van der Waals surface area contributed by atoms with Crippen LogP contribution in [0.3, 0.4) is 0 Å². The number of hydrogen-bond donors (Lipinski definition) is 0. The van der Waals surface area contributed by atoms with Crippen molar-refractivity contribution >= 4 is 69.5 Å². The van der Waals surface area contributed by atoms with Crippen LogP contribution in [-0.2, 0) is 0 Å². The second kappa shape index (κ2) is 15.5. The Morgan fingerprint density at radius 3 is 1.37 bits per heavy atom. The summed E-state index contributed by atoms with van der Waals surface area (Å²) in [6, 6.07) is 18.3. The molecular formula is C44H56GeS. The molecule has 0 heterocycles. The monoisotopic (exact) mass is 690 g/mol. The van der Waals surface area contributed by atoms with Crippen LogP contribution in [0.1, 0.15) is 107 Å². The number of fused-ring (bicyclic) bond motifs is 4. The molecule has 2 heteroatoms. The van der Waals surface area contributed by atoms with E-state index in [1.54, 1.807) is 11.8 Å². The summed E-state index contributed by atoms with van der Waals surface area (Å²) in [7, 11) is 0. The Morgan fingerprint density at radius 2 is 0.978 bits per heavy atom. The third kappa shape index (κ3) is 7.75.